The van der Waals surface area contributed by atoms with Crippen molar-refractivity contribution in [1.82, 2.24) is 10.2 Å². The van der Waals surface area contributed by atoms with Crippen LogP contribution in [0.2, 0.25) is 0 Å². The van der Waals surface area contributed by atoms with Crippen molar-refractivity contribution >= 4 is 28.4 Å². The third-order valence-corrected chi connectivity index (χ3v) is 4.93. The fourth-order valence-corrected chi connectivity index (χ4v) is 3.31. The van der Waals surface area contributed by atoms with E-state index in [0.29, 0.717) is 10.9 Å². The van der Waals surface area contributed by atoms with Crippen LogP contribution in [0.3, 0.4) is 0 Å². The zero-order valence-corrected chi connectivity index (χ0v) is 17.6. The van der Waals surface area contributed by atoms with Crippen LogP contribution in [0.5, 0.6) is 5.75 Å². The van der Waals surface area contributed by atoms with Gasteiger partial charge in [0.15, 0.2) is 5.82 Å². The summed E-state index contributed by atoms with van der Waals surface area (Å²) in [5.41, 5.74) is -1.37. The summed E-state index contributed by atoms with van der Waals surface area (Å²) in [4.78, 5) is 12.3. The molecular weight excluding hydrogens is 478 g/mol. The molecule has 2 amide bonds. The fraction of sp³-hybridized carbons (Fsp3) is 0.130. The number of benzene rings is 3. The second-order valence-electron chi connectivity index (χ2n) is 7.38. The summed E-state index contributed by atoms with van der Waals surface area (Å²) in [6.07, 6.45) is -9.10. The van der Waals surface area contributed by atoms with E-state index in [9.17, 15) is 31.1 Å². The molecule has 1 heterocycles. The van der Waals surface area contributed by atoms with Gasteiger partial charge < -0.3 is 10.1 Å². The van der Waals surface area contributed by atoms with Crippen molar-refractivity contribution in [3.05, 3.63) is 83.4 Å². The highest BCUT2D eigenvalue weighted by atomic mass is 19.4. The minimum atomic E-state index is -4.57. The minimum absolute atomic E-state index is 0.0469. The molecule has 0 bridgehead atoms. The van der Waals surface area contributed by atoms with Crippen molar-refractivity contribution in [2.24, 2.45) is 0 Å². The number of aromatic amines is 1. The second-order valence-corrected chi connectivity index (χ2v) is 7.38. The molecule has 4 rings (SSSR count). The largest absolute Gasteiger partial charge is 0.489 e. The first kappa shape index (κ1) is 23.9. The lowest BCUT2D eigenvalue weighted by Gasteiger charge is -2.13. The predicted molar refractivity (Wildman–Crippen MR) is 116 cm³/mol. The molecule has 0 unspecified atom stereocenters. The lowest BCUT2D eigenvalue weighted by atomic mass is 10.1. The van der Waals surface area contributed by atoms with Crippen LogP contribution < -0.4 is 15.4 Å². The number of carbonyl (C=O) groups excluding carboxylic acids is 1. The van der Waals surface area contributed by atoms with Crippen molar-refractivity contribution in [1.29, 1.82) is 0 Å². The third kappa shape index (κ3) is 5.65. The number of hydrogen-bond donors (Lipinski definition) is 3. The highest BCUT2D eigenvalue weighted by molar-refractivity contribution is 6.04. The van der Waals surface area contributed by atoms with E-state index in [1.54, 1.807) is 6.07 Å². The van der Waals surface area contributed by atoms with E-state index in [1.165, 1.54) is 36.4 Å². The minimum Gasteiger partial charge on any atom is -0.489 e. The number of nitrogens with one attached hydrogen (secondary N) is 3. The molecule has 1 aromatic heterocycles. The van der Waals surface area contributed by atoms with Gasteiger partial charge >= 0.3 is 18.4 Å². The first-order chi connectivity index (χ1) is 16.5. The van der Waals surface area contributed by atoms with Gasteiger partial charge in [-0.05, 0) is 42.5 Å². The molecule has 12 heteroatoms. The van der Waals surface area contributed by atoms with E-state index in [2.05, 4.69) is 20.8 Å². The summed E-state index contributed by atoms with van der Waals surface area (Å²) in [5, 5.41) is 11.7. The Hall–Kier alpha value is -4.22. The molecular formula is C23H16F6N4O2. The molecule has 35 heavy (non-hydrogen) atoms. The molecule has 0 aliphatic carbocycles. The van der Waals surface area contributed by atoms with E-state index in [1.807, 2.05) is 0 Å². The molecule has 0 saturated carbocycles. The van der Waals surface area contributed by atoms with E-state index in [0.717, 1.165) is 24.3 Å². The van der Waals surface area contributed by atoms with Gasteiger partial charge in [0.05, 0.1) is 16.6 Å². The van der Waals surface area contributed by atoms with Crippen LogP contribution in [0, 0.1) is 0 Å². The van der Waals surface area contributed by atoms with Gasteiger partial charge in [0.1, 0.15) is 12.4 Å². The van der Waals surface area contributed by atoms with Crippen LogP contribution in [0.25, 0.3) is 10.9 Å². The van der Waals surface area contributed by atoms with Crippen molar-refractivity contribution in [3.8, 4) is 5.75 Å². The molecule has 3 aromatic carbocycles. The Morgan fingerprint density at radius 1 is 0.886 bits per heavy atom. The van der Waals surface area contributed by atoms with Crippen LogP contribution in [-0.2, 0) is 19.0 Å². The maximum atomic E-state index is 13.2. The molecule has 0 radical (unpaired) electrons. The molecule has 6 nitrogen and oxygen atoms in total. The number of ether oxygens (including phenoxy) is 1. The van der Waals surface area contributed by atoms with Gasteiger partial charge in [0.2, 0.25) is 0 Å². The number of carbonyl (C=O) groups is 1. The molecule has 182 valence electrons. The lowest BCUT2D eigenvalue weighted by Crippen LogP contribution is -2.20. The standard InChI is InChI=1S/C23H16F6N4O2/c24-22(25,26)14-5-3-6-15(10-14)30-21(34)31-20-17-11-16(8-9-19(17)32-33-20)35-12-13-4-1-2-7-18(13)23(27,28)29/h1-11H,12H2,(H3,30,31,32,33,34). The molecule has 0 aliphatic rings. The van der Waals surface area contributed by atoms with Crippen molar-refractivity contribution in [2.45, 2.75) is 19.0 Å². The van der Waals surface area contributed by atoms with Gasteiger partial charge in [-0.25, -0.2) is 4.79 Å². The maximum Gasteiger partial charge on any atom is 0.416 e. The smallest absolute Gasteiger partial charge is 0.416 e. The summed E-state index contributed by atoms with van der Waals surface area (Å²) >= 11 is 0. The van der Waals surface area contributed by atoms with Crippen molar-refractivity contribution in [2.75, 3.05) is 10.6 Å². The average molecular weight is 494 g/mol. The highest BCUT2D eigenvalue weighted by Crippen LogP contribution is 2.33. The van der Waals surface area contributed by atoms with Crippen LogP contribution in [0.1, 0.15) is 16.7 Å². The number of anilines is 2. The first-order valence-electron chi connectivity index (χ1n) is 10.0. The monoisotopic (exact) mass is 494 g/mol. The number of H-pyrrole nitrogens is 1. The Labute approximate surface area is 193 Å². The molecule has 4 aromatic rings. The lowest BCUT2D eigenvalue weighted by molar-refractivity contribution is -0.139. The Balaban J connectivity index is 1.48. The van der Waals surface area contributed by atoms with Gasteiger partial charge in [0, 0.05) is 16.6 Å². The normalized spacial score (nSPS) is 11.9. The number of urea groups is 1. The Morgan fingerprint density at radius 2 is 1.66 bits per heavy atom. The van der Waals surface area contributed by atoms with E-state index >= 15 is 0 Å². The average Bonchev–Trinajstić information content (AvgIpc) is 3.18. The number of hydrogen-bond acceptors (Lipinski definition) is 3. The number of halogens is 6. The molecule has 0 fully saturated rings. The van der Waals surface area contributed by atoms with Gasteiger partial charge in [-0.15, -0.1) is 0 Å². The van der Waals surface area contributed by atoms with Gasteiger partial charge in [-0.3, -0.25) is 10.4 Å². The quantitative estimate of drug-likeness (QED) is 0.266. The summed E-state index contributed by atoms with van der Waals surface area (Å²) in [5.74, 6) is 0.267. The van der Waals surface area contributed by atoms with Crippen LogP contribution in [-0.4, -0.2) is 16.2 Å². The number of aromatic nitrogens is 2. The number of rotatable bonds is 5. The predicted octanol–water partition coefficient (Wildman–Crippen LogP) is 6.82. The molecule has 0 atom stereocenters. The number of amides is 2. The Kier molecular flexibility index (Phi) is 6.29. The zero-order chi connectivity index (χ0) is 25.2. The van der Waals surface area contributed by atoms with Crippen molar-refractivity contribution < 1.29 is 35.9 Å². The van der Waals surface area contributed by atoms with Crippen LogP contribution >= 0.6 is 0 Å². The highest BCUT2D eigenvalue weighted by Gasteiger charge is 2.33. The second kappa shape index (κ2) is 9.20. The molecule has 3 N–H and O–H groups in total. The van der Waals surface area contributed by atoms with Gasteiger partial charge in [0.25, 0.3) is 0 Å². The van der Waals surface area contributed by atoms with Crippen LogP contribution in [0.15, 0.2) is 66.7 Å². The maximum absolute atomic E-state index is 13.2. The van der Waals surface area contributed by atoms with Crippen LogP contribution in [0.4, 0.5) is 42.6 Å². The summed E-state index contributed by atoms with van der Waals surface area (Å²) < 4.78 is 83.7. The van der Waals surface area contributed by atoms with E-state index in [4.69, 9.17) is 4.74 Å². The topological polar surface area (TPSA) is 79.0 Å². The third-order valence-electron chi connectivity index (χ3n) is 4.93. The SMILES string of the molecule is O=C(Nc1cccc(C(F)(F)F)c1)Nc1n[nH]c2ccc(OCc3ccccc3C(F)(F)F)cc12. The first-order valence-corrected chi connectivity index (χ1v) is 10.0. The fourth-order valence-electron chi connectivity index (χ4n) is 3.31. The van der Waals surface area contributed by atoms with Gasteiger partial charge in [-0.1, -0.05) is 24.3 Å². The van der Waals surface area contributed by atoms with E-state index < -0.39 is 29.5 Å². The number of alkyl halides is 6. The molecule has 0 spiro atoms. The number of fused-ring (bicyclic) bond motifs is 1. The Bertz CT molecular complexity index is 1360. The van der Waals surface area contributed by atoms with Gasteiger partial charge in [-0.2, -0.15) is 31.4 Å². The molecule has 0 saturated heterocycles. The van der Waals surface area contributed by atoms with Crippen molar-refractivity contribution in [3.63, 3.8) is 0 Å². The summed E-state index contributed by atoms with van der Waals surface area (Å²) in [6.45, 7) is -0.349. The summed E-state index contributed by atoms with van der Waals surface area (Å²) in [6, 6.07) is 12.8. The zero-order valence-electron chi connectivity index (χ0n) is 17.6. The number of nitrogens with zero attached hydrogens (tertiary/aromatic N) is 1. The van der Waals surface area contributed by atoms with E-state index in [-0.39, 0.29) is 29.4 Å². The molecule has 0 aliphatic heterocycles. The Morgan fingerprint density at radius 3 is 2.40 bits per heavy atom. The summed E-state index contributed by atoms with van der Waals surface area (Å²) in [7, 11) is 0.